The second kappa shape index (κ2) is 3.67. The van der Waals surface area contributed by atoms with Crippen LogP contribution >= 0.6 is 0 Å². The van der Waals surface area contributed by atoms with Gasteiger partial charge in [0.1, 0.15) is 0 Å². The average molecular weight is 196 g/mol. The SMILES string of the molecule is COC(F)c1cccc2c1C(O)CC2. The van der Waals surface area contributed by atoms with E-state index < -0.39 is 12.5 Å². The molecule has 1 aliphatic rings. The van der Waals surface area contributed by atoms with E-state index in [4.69, 9.17) is 0 Å². The number of hydrogen-bond acceptors (Lipinski definition) is 2. The van der Waals surface area contributed by atoms with Gasteiger partial charge >= 0.3 is 0 Å². The monoisotopic (exact) mass is 196 g/mol. The Bertz CT molecular complexity index is 338. The van der Waals surface area contributed by atoms with Crippen molar-refractivity contribution in [3.63, 3.8) is 0 Å². The first-order valence-corrected chi connectivity index (χ1v) is 4.70. The van der Waals surface area contributed by atoms with Crippen LogP contribution in [-0.2, 0) is 11.2 Å². The lowest BCUT2D eigenvalue weighted by atomic mass is 10.0. The number of aryl methyl sites for hydroxylation is 1. The number of hydrogen-bond donors (Lipinski definition) is 1. The number of methoxy groups -OCH3 is 1. The van der Waals surface area contributed by atoms with E-state index in [1.54, 1.807) is 12.1 Å². The molecular formula is C11H13FO2. The molecular weight excluding hydrogens is 183 g/mol. The van der Waals surface area contributed by atoms with E-state index in [2.05, 4.69) is 4.74 Å². The van der Waals surface area contributed by atoms with E-state index in [9.17, 15) is 9.50 Å². The fourth-order valence-electron chi connectivity index (χ4n) is 2.02. The summed E-state index contributed by atoms with van der Waals surface area (Å²) < 4.78 is 18.0. The average Bonchev–Trinajstić information content (AvgIpc) is 2.59. The molecule has 0 bridgehead atoms. The molecule has 0 aromatic heterocycles. The molecule has 0 radical (unpaired) electrons. The molecule has 1 aliphatic carbocycles. The van der Waals surface area contributed by atoms with Gasteiger partial charge in [-0.1, -0.05) is 18.2 Å². The molecule has 3 heteroatoms. The van der Waals surface area contributed by atoms with Crippen molar-refractivity contribution in [2.75, 3.05) is 7.11 Å². The molecule has 0 aliphatic heterocycles. The van der Waals surface area contributed by atoms with Crippen molar-refractivity contribution in [1.29, 1.82) is 0 Å². The van der Waals surface area contributed by atoms with Crippen LogP contribution in [0.1, 0.15) is 35.6 Å². The lowest BCUT2D eigenvalue weighted by molar-refractivity contribution is -0.00873. The number of halogens is 1. The van der Waals surface area contributed by atoms with Crippen molar-refractivity contribution in [1.82, 2.24) is 0 Å². The molecule has 2 unspecified atom stereocenters. The molecule has 0 saturated carbocycles. The van der Waals surface area contributed by atoms with Gasteiger partial charge in [-0.25, -0.2) is 4.39 Å². The van der Waals surface area contributed by atoms with Crippen LogP contribution < -0.4 is 0 Å². The quantitative estimate of drug-likeness (QED) is 0.786. The standard InChI is InChI=1S/C11H13FO2/c1-14-11(12)8-4-2-3-7-5-6-9(13)10(7)8/h2-4,9,11,13H,5-6H2,1H3. The summed E-state index contributed by atoms with van der Waals surface area (Å²) in [5, 5.41) is 9.68. The number of aliphatic hydroxyl groups is 1. The van der Waals surface area contributed by atoms with Crippen LogP contribution in [0.2, 0.25) is 0 Å². The van der Waals surface area contributed by atoms with Crippen LogP contribution in [0.4, 0.5) is 4.39 Å². The van der Waals surface area contributed by atoms with Gasteiger partial charge in [0.15, 0.2) is 0 Å². The van der Waals surface area contributed by atoms with E-state index >= 15 is 0 Å². The van der Waals surface area contributed by atoms with Crippen molar-refractivity contribution in [2.24, 2.45) is 0 Å². The Morgan fingerprint density at radius 1 is 1.57 bits per heavy atom. The van der Waals surface area contributed by atoms with Crippen LogP contribution in [0, 0.1) is 0 Å². The van der Waals surface area contributed by atoms with E-state index in [0.29, 0.717) is 12.0 Å². The van der Waals surface area contributed by atoms with Crippen molar-refractivity contribution in [3.8, 4) is 0 Å². The van der Waals surface area contributed by atoms with Crippen molar-refractivity contribution < 1.29 is 14.2 Å². The van der Waals surface area contributed by atoms with Crippen LogP contribution in [-0.4, -0.2) is 12.2 Å². The fraction of sp³-hybridized carbons (Fsp3) is 0.455. The van der Waals surface area contributed by atoms with Gasteiger partial charge in [-0.3, -0.25) is 0 Å². The zero-order valence-corrected chi connectivity index (χ0v) is 8.03. The number of aliphatic hydroxyl groups excluding tert-OH is 1. The molecule has 76 valence electrons. The highest BCUT2D eigenvalue weighted by Crippen LogP contribution is 2.37. The third kappa shape index (κ3) is 1.42. The van der Waals surface area contributed by atoms with Gasteiger partial charge in [-0.2, -0.15) is 0 Å². The number of fused-ring (bicyclic) bond motifs is 1. The molecule has 1 aromatic carbocycles. The second-order valence-electron chi connectivity index (χ2n) is 3.53. The summed E-state index contributed by atoms with van der Waals surface area (Å²) in [6, 6.07) is 5.40. The Kier molecular flexibility index (Phi) is 2.52. The first-order valence-electron chi connectivity index (χ1n) is 4.70. The molecule has 0 amide bonds. The number of rotatable bonds is 2. The highest BCUT2D eigenvalue weighted by molar-refractivity contribution is 5.40. The van der Waals surface area contributed by atoms with Gasteiger partial charge in [0.25, 0.3) is 0 Å². The van der Waals surface area contributed by atoms with Crippen LogP contribution in [0.3, 0.4) is 0 Å². The van der Waals surface area contributed by atoms with Gasteiger partial charge in [-0.15, -0.1) is 0 Å². The largest absolute Gasteiger partial charge is 0.388 e. The van der Waals surface area contributed by atoms with E-state index in [1.165, 1.54) is 7.11 Å². The minimum Gasteiger partial charge on any atom is -0.388 e. The predicted molar refractivity (Wildman–Crippen MR) is 50.6 cm³/mol. The van der Waals surface area contributed by atoms with E-state index in [-0.39, 0.29) is 0 Å². The Balaban J connectivity index is 2.46. The maximum Gasteiger partial charge on any atom is 0.225 e. The first kappa shape index (κ1) is 9.62. The van der Waals surface area contributed by atoms with E-state index in [0.717, 1.165) is 17.5 Å². The molecule has 1 aromatic rings. The summed E-state index contributed by atoms with van der Waals surface area (Å²) in [6.07, 6.45) is -0.462. The van der Waals surface area contributed by atoms with E-state index in [1.807, 2.05) is 6.07 Å². The molecule has 2 nitrogen and oxygen atoms in total. The Morgan fingerprint density at radius 2 is 2.36 bits per heavy atom. The Hall–Kier alpha value is -0.930. The van der Waals surface area contributed by atoms with Crippen molar-refractivity contribution >= 4 is 0 Å². The van der Waals surface area contributed by atoms with Gasteiger partial charge < -0.3 is 9.84 Å². The molecule has 1 N–H and O–H groups in total. The lowest BCUT2D eigenvalue weighted by Crippen LogP contribution is -2.02. The molecule has 14 heavy (non-hydrogen) atoms. The molecule has 2 rings (SSSR count). The molecule has 0 fully saturated rings. The number of alkyl halides is 1. The van der Waals surface area contributed by atoms with Gasteiger partial charge in [0.2, 0.25) is 6.36 Å². The second-order valence-corrected chi connectivity index (χ2v) is 3.53. The smallest absolute Gasteiger partial charge is 0.225 e. The summed E-state index contributed by atoms with van der Waals surface area (Å²) in [5.41, 5.74) is 2.23. The lowest BCUT2D eigenvalue weighted by Gasteiger charge is -2.13. The summed E-state index contributed by atoms with van der Waals surface area (Å²) >= 11 is 0. The summed E-state index contributed by atoms with van der Waals surface area (Å²) in [6.45, 7) is 0. The van der Waals surface area contributed by atoms with Gasteiger partial charge in [-0.05, 0) is 24.0 Å². The molecule has 0 heterocycles. The number of benzene rings is 1. The summed E-state index contributed by atoms with van der Waals surface area (Å²) in [4.78, 5) is 0. The highest BCUT2D eigenvalue weighted by atomic mass is 19.1. The summed E-state index contributed by atoms with van der Waals surface area (Å²) in [7, 11) is 1.32. The van der Waals surface area contributed by atoms with Crippen molar-refractivity contribution in [2.45, 2.75) is 25.3 Å². The highest BCUT2D eigenvalue weighted by Gasteiger charge is 2.26. The normalized spacial score (nSPS) is 22.1. The number of ether oxygens (including phenoxy) is 1. The Morgan fingerprint density at radius 3 is 3.07 bits per heavy atom. The molecule has 2 atom stereocenters. The molecule has 0 saturated heterocycles. The topological polar surface area (TPSA) is 29.5 Å². The maximum atomic E-state index is 13.4. The van der Waals surface area contributed by atoms with Gasteiger partial charge in [0.05, 0.1) is 6.10 Å². The predicted octanol–water partition coefficient (Wildman–Crippen LogP) is 2.28. The summed E-state index contributed by atoms with van der Waals surface area (Å²) in [5.74, 6) is 0. The zero-order chi connectivity index (χ0) is 10.1. The van der Waals surface area contributed by atoms with Crippen LogP contribution in [0.15, 0.2) is 18.2 Å². The Labute approximate surface area is 82.3 Å². The van der Waals surface area contributed by atoms with Crippen LogP contribution in [0.5, 0.6) is 0 Å². The van der Waals surface area contributed by atoms with Crippen molar-refractivity contribution in [3.05, 3.63) is 34.9 Å². The first-order chi connectivity index (χ1) is 6.74. The molecule has 0 spiro atoms. The zero-order valence-electron chi connectivity index (χ0n) is 8.03. The fourth-order valence-corrected chi connectivity index (χ4v) is 2.02. The maximum absolute atomic E-state index is 13.4. The third-order valence-electron chi connectivity index (χ3n) is 2.70. The van der Waals surface area contributed by atoms with Crippen LogP contribution in [0.25, 0.3) is 0 Å². The minimum absolute atomic E-state index is 0.468. The minimum atomic E-state index is -1.43. The third-order valence-corrected chi connectivity index (χ3v) is 2.70. The van der Waals surface area contributed by atoms with Gasteiger partial charge in [0, 0.05) is 12.7 Å².